The van der Waals surface area contributed by atoms with Gasteiger partial charge in [-0.2, -0.15) is 18.6 Å². The van der Waals surface area contributed by atoms with Crippen LogP contribution in [0.25, 0.3) is 10.8 Å². The van der Waals surface area contributed by atoms with E-state index in [0.29, 0.717) is 30.6 Å². The number of amides is 1. The molecule has 12 heteroatoms. The van der Waals surface area contributed by atoms with Crippen molar-refractivity contribution in [3.8, 4) is 0 Å². The van der Waals surface area contributed by atoms with Gasteiger partial charge in [0.05, 0.1) is 40.0 Å². The third-order valence-electron chi connectivity index (χ3n) is 6.59. The van der Waals surface area contributed by atoms with Gasteiger partial charge in [-0.15, -0.1) is 0 Å². The van der Waals surface area contributed by atoms with Crippen LogP contribution in [0, 0.1) is 5.82 Å². The fraction of sp³-hybridized carbons (Fsp3) is 0.143. The SMILES string of the molecule is Cn1ncc2c1CN(C(=O)c1cc(Cc3n[nH]c(=O)c4ccccc34)ccc1F)C2.O=S(=O)(O)c1ccccc1. The lowest BCUT2D eigenvalue weighted by atomic mass is 10.0. The summed E-state index contributed by atoms with van der Waals surface area (Å²) in [5, 5.41) is 12.1. The van der Waals surface area contributed by atoms with E-state index in [0.717, 1.165) is 22.2 Å². The first kappa shape index (κ1) is 26.9. The number of fused-ring (bicyclic) bond motifs is 2. The lowest BCUT2D eigenvalue weighted by molar-refractivity contribution is 0.0743. The summed E-state index contributed by atoms with van der Waals surface area (Å²) in [5.41, 5.74) is 3.11. The molecule has 0 unspecified atom stereocenters. The molecule has 204 valence electrons. The summed E-state index contributed by atoms with van der Waals surface area (Å²) in [4.78, 5) is 26.5. The van der Waals surface area contributed by atoms with E-state index in [1.54, 1.807) is 58.2 Å². The number of rotatable bonds is 4. The van der Waals surface area contributed by atoms with Gasteiger partial charge >= 0.3 is 0 Å². The van der Waals surface area contributed by atoms with E-state index < -0.39 is 15.9 Å². The predicted octanol–water partition coefficient (Wildman–Crippen LogP) is 3.48. The van der Waals surface area contributed by atoms with Gasteiger partial charge in [0.2, 0.25) is 0 Å². The van der Waals surface area contributed by atoms with Crippen LogP contribution in [0.3, 0.4) is 0 Å². The van der Waals surface area contributed by atoms with Crippen LogP contribution in [0.15, 0.2) is 88.7 Å². The second-order valence-electron chi connectivity index (χ2n) is 9.23. The normalized spacial score (nSPS) is 12.6. The maximum absolute atomic E-state index is 14.5. The van der Waals surface area contributed by atoms with E-state index in [2.05, 4.69) is 15.3 Å². The van der Waals surface area contributed by atoms with Gasteiger partial charge in [0.15, 0.2) is 0 Å². The summed E-state index contributed by atoms with van der Waals surface area (Å²) in [5.74, 6) is -0.915. The minimum atomic E-state index is -4.00. The number of halogens is 1. The smallest absolute Gasteiger partial charge is 0.294 e. The monoisotopic (exact) mass is 561 g/mol. The Balaban J connectivity index is 0.000000274. The third kappa shape index (κ3) is 5.53. The fourth-order valence-corrected chi connectivity index (χ4v) is 5.04. The molecule has 0 bridgehead atoms. The van der Waals surface area contributed by atoms with Crippen molar-refractivity contribution in [3.63, 3.8) is 0 Å². The lowest BCUT2D eigenvalue weighted by Gasteiger charge is -2.17. The Morgan fingerprint density at radius 1 is 1.02 bits per heavy atom. The van der Waals surface area contributed by atoms with Gasteiger partial charge in [-0.1, -0.05) is 42.5 Å². The molecule has 1 aliphatic heterocycles. The van der Waals surface area contributed by atoms with Crippen molar-refractivity contribution in [2.24, 2.45) is 7.05 Å². The predicted molar refractivity (Wildman–Crippen MR) is 145 cm³/mol. The zero-order valence-corrected chi connectivity index (χ0v) is 22.1. The van der Waals surface area contributed by atoms with Gasteiger partial charge in [-0.3, -0.25) is 18.8 Å². The molecule has 3 heterocycles. The molecule has 40 heavy (non-hydrogen) atoms. The molecular formula is C28H24FN5O5S. The number of carbonyl (C=O) groups is 1. The van der Waals surface area contributed by atoms with E-state index in [-0.39, 0.29) is 21.9 Å². The molecule has 2 N–H and O–H groups in total. The molecule has 0 aliphatic carbocycles. The summed E-state index contributed by atoms with van der Waals surface area (Å²) < 4.78 is 45.5. The van der Waals surface area contributed by atoms with Gasteiger partial charge in [-0.05, 0) is 35.9 Å². The zero-order chi connectivity index (χ0) is 28.4. The summed E-state index contributed by atoms with van der Waals surface area (Å²) in [7, 11) is -2.17. The van der Waals surface area contributed by atoms with E-state index in [1.807, 2.05) is 19.2 Å². The number of hydrogen-bond donors (Lipinski definition) is 2. The van der Waals surface area contributed by atoms with Gasteiger partial charge in [-0.25, -0.2) is 9.49 Å². The number of nitrogens with zero attached hydrogens (tertiary/aromatic N) is 4. The number of hydrogen-bond acceptors (Lipinski definition) is 6. The number of H-pyrrole nitrogens is 1. The van der Waals surface area contributed by atoms with Crippen molar-refractivity contribution in [3.05, 3.63) is 123 Å². The van der Waals surface area contributed by atoms with E-state index in [1.165, 1.54) is 18.2 Å². The molecule has 2 aromatic heterocycles. The number of carbonyl (C=O) groups excluding carboxylic acids is 1. The molecular weight excluding hydrogens is 537 g/mol. The van der Waals surface area contributed by atoms with Crippen molar-refractivity contribution in [1.82, 2.24) is 24.9 Å². The Labute approximate surface area is 228 Å². The minimum Gasteiger partial charge on any atom is -0.328 e. The molecule has 0 fully saturated rings. The molecule has 1 aliphatic rings. The third-order valence-corrected chi connectivity index (χ3v) is 7.45. The summed E-state index contributed by atoms with van der Waals surface area (Å²) in [6, 6.07) is 19.1. The van der Waals surface area contributed by atoms with Crippen molar-refractivity contribution in [2.75, 3.05) is 0 Å². The Bertz CT molecular complexity index is 1890. The Hall–Kier alpha value is -4.68. The van der Waals surface area contributed by atoms with Gasteiger partial charge in [0.1, 0.15) is 5.82 Å². The van der Waals surface area contributed by atoms with Crippen LogP contribution in [0.4, 0.5) is 4.39 Å². The van der Waals surface area contributed by atoms with Gasteiger partial charge < -0.3 is 4.90 Å². The first-order valence-corrected chi connectivity index (χ1v) is 13.6. The number of aryl methyl sites for hydroxylation is 1. The fourth-order valence-electron chi connectivity index (χ4n) is 4.54. The highest BCUT2D eigenvalue weighted by Gasteiger charge is 2.28. The first-order chi connectivity index (χ1) is 19.1. The molecule has 5 aromatic rings. The van der Waals surface area contributed by atoms with Crippen molar-refractivity contribution in [2.45, 2.75) is 24.4 Å². The molecule has 3 aromatic carbocycles. The number of benzene rings is 3. The molecule has 6 rings (SSSR count). The highest BCUT2D eigenvalue weighted by Crippen LogP contribution is 2.25. The molecule has 0 atom stereocenters. The molecule has 10 nitrogen and oxygen atoms in total. The van der Waals surface area contributed by atoms with Gasteiger partial charge in [0.25, 0.3) is 21.6 Å². The summed E-state index contributed by atoms with van der Waals surface area (Å²) in [6.45, 7) is 0.818. The van der Waals surface area contributed by atoms with Crippen LogP contribution < -0.4 is 5.56 Å². The zero-order valence-electron chi connectivity index (χ0n) is 21.3. The van der Waals surface area contributed by atoms with Crippen LogP contribution in [-0.4, -0.2) is 43.8 Å². The van der Waals surface area contributed by atoms with Crippen molar-refractivity contribution < 1.29 is 22.2 Å². The number of aromatic nitrogens is 4. The standard InChI is InChI=1S/C22H18FN5O2.C6H6O3S/c1-27-20-12-28(11-14(20)10-24-27)22(30)17-8-13(6-7-18(17)23)9-19-15-4-2-3-5-16(15)21(29)26-25-19;7-10(8,9)6-4-2-1-3-5-6/h2-8,10H,9,11-12H2,1H3,(H,26,29);1-5H,(H,7,8,9). The molecule has 1 amide bonds. The Morgan fingerprint density at radius 3 is 2.40 bits per heavy atom. The summed E-state index contributed by atoms with van der Waals surface area (Å²) in [6.07, 6.45) is 2.10. The van der Waals surface area contributed by atoms with Crippen LogP contribution in [0.5, 0.6) is 0 Å². The van der Waals surface area contributed by atoms with E-state index in [9.17, 15) is 22.4 Å². The highest BCUT2D eigenvalue weighted by molar-refractivity contribution is 7.85. The maximum Gasteiger partial charge on any atom is 0.294 e. The number of aromatic amines is 1. The number of nitrogens with one attached hydrogen (secondary N) is 1. The van der Waals surface area contributed by atoms with Crippen molar-refractivity contribution >= 4 is 26.8 Å². The van der Waals surface area contributed by atoms with Crippen LogP contribution in [-0.2, 0) is 36.7 Å². The Kier molecular flexibility index (Phi) is 7.28. The summed E-state index contributed by atoms with van der Waals surface area (Å²) >= 11 is 0. The lowest BCUT2D eigenvalue weighted by Crippen LogP contribution is -2.27. The first-order valence-electron chi connectivity index (χ1n) is 12.2. The average Bonchev–Trinajstić information content (AvgIpc) is 3.53. The Morgan fingerprint density at radius 2 is 1.73 bits per heavy atom. The van der Waals surface area contributed by atoms with Crippen LogP contribution in [0.2, 0.25) is 0 Å². The largest absolute Gasteiger partial charge is 0.328 e. The quantitative estimate of drug-likeness (QED) is 0.321. The second kappa shape index (κ2) is 10.8. The van der Waals surface area contributed by atoms with Crippen LogP contribution in [0.1, 0.15) is 32.9 Å². The van der Waals surface area contributed by atoms with Crippen molar-refractivity contribution in [1.29, 1.82) is 0 Å². The van der Waals surface area contributed by atoms with E-state index in [4.69, 9.17) is 4.55 Å². The topological polar surface area (TPSA) is 138 Å². The highest BCUT2D eigenvalue weighted by atomic mass is 32.2. The minimum absolute atomic E-state index is 0.0296. The average molecular weight is 562 g/mol. The molecule has 0 spiro atoms. The molecule has 0 saturated carbocycles. The van der Waals surface area contributed by atoms with Gasteiger partial charge in [0, 0.05) is 31.0 Å². The molecule has 0 radical (unpaired) electrons. The van der Waals surface area contributed by atoms with E-state index >= 15 is 0 Å². The second-order valence-corrected chi connectivity index (χ2v) is 10.6. The van der Waals surface area contributed by atoms with Crippen LogP contribution >= 0.6 is 0 Å². The maximum atomic E-state index is 14.5. The molecule has 0 saturated heterocycles.